The SMILES string of the molecule is CC[C@H]1CC(=O)OC(O)[C@H]1CC. The van der Waals surface area contributed by atoms with Crippen molar-refractivity contribution in [2.45, 2.75) is 39.4 Å². The third-order valence-electron chi connectivity index (χ3n) is 2.65. The van der Waals surface area contributed by atoms with Crippen molar-refractivity contribution in [1.82, 2.24) is 0 Å². The first-order valence-electron chi connectivity index (χ1n) is 4.56. The molecule has 1 heterocycles. The lowest BCUT2D eigenvalue weighted by atomic mass is 9.83. The van der Waals surface area contributed by atoms with Gasteiger partial charge in [-0.15, -0.1) is 0 Å². The van der Waals surface area contributed by atoms with Crippen LogP contribution in [0.1, 0.15) is 33.1 Å². The number of aliphatic hydroxyl groups excluding tert-OH is 1. The summed E-state index contributed by atoms with van der Waals surface area (Å²) in [5.74, 6) is 0.165. The summed E-state index contributed by atoms with van der Waals surface area (Å²) in [7, 11) is 0. The molecule has 0 aromatic heterocycles. The Morgan fingerprint density at radius 3 is 2.67 bits per heavy atom. The largest absolute Gasteiger partial charge is 0.436 e. The van der Waals surface area contributed by atoms with E-state index in [1.807, 2.05) is 13.8 Å². The van der Waals surface area contributed by atoms with Gasteiger partial charge >= 0.3 is 5.97 Å². The van der Waals surface area contributed by atoms with E-state index in [0.717, 1.165) is 12.8 Å². The van der Waals surface area contributed by atoms with Crippen LogP contribution in [-0.4, -0.2) is 17.4 Å². The van der Waals surface area contributed by atoms with Crippen LogP contribution in [0.25, 0.3) is 0 Å². The van der Waals surface area contributed by atoms with Gasteiger partial charge in [-0.3, -0.25) is 4.79 Å². The van der Waals surface area contributed by atoms with Crippen molar-refractivity contribution >= 4 is 5.97 Å². The third kappa shape index (κ3) is 1.78. The van der Waals surface area contributed by atoms with Crippen LogP contribution in [0.2, 0.25) is 0 Å². The number of carbonyl (C=O) groups is 1. The summed E-state index contributed by atoms with van der Waals surface area (Å²) >= 11 is 0. The van der Waals surface area contributed by atoms with E-state index >= 15 is 0 Å². The second kappa shape index (κ2) is 3.90. The van der Waals surface area contributed by atoms with Crippen LogP contribution in [0.3, 0.4) is 0 Å². The summed E-state index contributed by atoms with van der Waals surface area (Å²) in [5, 5.41) is 9.40. The Hall–Kier alpha value is -0.570. The van der Waals surface area contributed by atoms with Crippen molar-refractivity contribution in [2.24, 2.45) is 11.8 Å². The zero-order valence-electron chi connectivity index (χ0n) is 7.62. The van der Waals surface area contributed by atoms with Gasteiger partial charge in [0.15, 0.2) is 0 Å². The first-order chi connectivity index (χ1) is 5.69. The number of hydrogen-bond acceptors (Lipinski definition) is 3. The molecular weight excluding hydrogens is 156 g/mol. The summed E-state index contributed by atoms with van der Waals surface area (Å²) < 4.78 is 4.74. The highest BCUT2D eigenvalue weighted by atomic mass is 16.6. The maximum Gasteiger partial charge on any atom is 0.308 e. The molecule has 1 fully saturated rings. The molecule has 0 amide bonds. The van der Waals surface area contributed by atoms with Crippen molar-refractivity contribution in [3.63, 3.8) is 0 Å². The van der Waals surface area contributed by atoms with Crippen LogP contribution in [0, 0.1) is 11.8 Å². The zero-order valence-corrected chi connectivity index (χ0v) is 7.62. The molecule has 3 heteroatoms. The number of esters is 1. The molecule has 0 bridgehead atoms. The Balaban J connectivity index is 2.62. The predicted molar refractivity (Wildman–Crippen MR) is 44.3 cm³/mol. The minimum absolute atomic E-state index is 0.132. The fourth-order valence-electron chi connectivity index (χ4n) is 1.85. The van der Waals surface area contributed by atoms with Crippen LogP contribution >= 0.6 is 0 Å². The maximum absolute atomic E-state index is 10.9. The average Bonchev–Trinajstić information content (AvgIpc) is 2.03. The van der Waals surface area contributed by atoms with E-state index in [1.165, 1.54) is 0 Å². The van der Waals surface area contributed by atoms with Crippen LogP contribution in [0.4, 0.5) is 0 Å². The summed E-state index contributed by atoms with van der Waals surface area (Å²) in [5.41, 5.74) is 0. The molecule has 0 spiro atoms. The lowest BCUT2D eigenvalue weighted by molar-refractivity contribution is -0.197. The highest BCUT2D eigenvalue weighted by molar-refractivity contribution is 5.70. The number of cyclic esters (lactones) is 1. The zero-order chi connectivity index (χ0) is 9.14. The molecule has 1 saturated heterocycles. The van der Waals surface area contributed by atoms with E-state index in [2.05, 4.69) is 0 Å². The lowest BCUT2D eigenvalue weighted by Gasteiger charge is -2.33. The van der Waals surface area contributed by atoms with Crippen molar-refractivity contribution in [2.75, 3.05) is 0 Å². The van der Waals surface area contributed by atoms with Gasteiger partial charge in [-0.1, -0.05) is 20.3 Å². The standard InChI is InChI=1S/C9H16O3/c1-3-6-5-8(10)12-9(11)7(6)4-2/h6-7,9,11H,3-5H2,1-2H3/t6-,7-,9?/m0/s1. The van der Waals surface area contributed by atoms with Crippen molar-refractivity contribution in [3.8, 4) is 0 Å². The van der Waals surface area contributed by atoms with Gasteiger partial charge in [-0.2, -0.15) is 0 Å². The second-order valence-electron chi connectivity index (χ2n) is 3.32. The van der Waals surface area contributed by atoms with Crippen molar-refractivity contribution in [1.29, 1.82) is 0 Å². The van der Waals surface area contributed by atoms with E-state index in [-0.39, 0.29) is 11.9 Å². The normalized spacial score (nSPS) is 36.2. The minimum Gasteiger partial charge on any atom is -0.436 e. The first kappa shape index (κ1) is 9.52. The Morgan fingerprint density at radius 1 is 1.50 bits per heavy atom. The Labute approximate surface area is 72.7 Å². The molecule has 0 aromatic carbocycles. The predicted octanol–water partition coefficient (Wildman–Crippen LogP) is 1.30. The maximum atomic E-state index is 10.9. The summed E-state index contributed by atoms with van der Waals surface area (Å²) in [6.45, 7) is 4.05. The van der Waals surface area contributed by atoms with E-state index in [9.17, 15) is 9.90 Å². The Morgan fingerprint density at radius 2 is 2.17 bits per heavy atom. The Bertz CT molecular complexity index is 167. The quantitative estimate of drug-likeness (QED) is 0.639. The number of carbonyl (C=O) groups excluding carboxylic acids is 1. The molecule has 0 saturated carbocycles. The second-order valence-corrected chi connectivity index (χ2v) is 3.32. The van der Waals surface area contributed by atoms with E-state index in [4.69, 9.17) is 4.74 Å². The molecule has 1 N–H and O–H groups in total. The molecule has 1 rings (SSSR count). The number of aliphatic hydroxyl groups is 1. The highest BCUT2D eigenvalue weighted by Gasteiger charge is 2.35. The third-order valence-corrected chi connectivity index (χ3v) is 2.65. The van der Waals surface area contributed by atoms with Gasteiger partial charge in [0.25, 0.3) is 0 Å². The molecule has 0 aromatic rings. The summed E-state index contributed by atoms with van der Waals surface area (Å²) in [6, 6.07) is 0. The molecule has 1 aliphatic heterocycles. The molecule has 70 valence electrons. The number of rotatable bonds is 2. The van der Waals surface area contributed by atoms with Crippen LogP contribution < -0.4 is 0 Å². The van der Waals surface area contributed by atoms with Gasteiger partial charge in [0.05, 0.1) is 0 Å². The lowest BCUT2D eigenvalue weighted by Crippen LogP contribution is -2.38. The Kier molecular flexibility index (Phi) is 3.09. The fourth-order valence-corrected chi connectivity index (χ4v) is 1.85. The minimum atomic E-state index is -0.874. The van der Waals surface area contributed by atoms with Crippen LogP contribution in [0.5, 0.6) is 0 Å². The molecular formula is C9H16O3. The topological polar surface area (TPSA) is 46.5 Å². The first-order valence-corrected chi connectivity index (χ1v) is 4.56. The number of hydrogen-bond donors (Lipinski definition) is 1. The summed E-state index contributed by atoms with van der Waals surface area (Å²) in [6.07, 6.45) is 1.39. The van der Waals surface area contributed by atoms with E-state index in [0.29, 0.717) is 12.3 Å². The van der Waals surface area contributed by atoms with Gasteiger partial charge in [-0.05, 0) is 12.3 Å². The monoisotopic (exact) mass is 172 g/mol. The molecule has 1 unspecified atom stereocenters. The van der Waals surface area contributed by atoms with Crippen molar-refractivity contribution < 1.29 is 14.6 Å². The molecule has 0 aliphatic carbocycles. The average molecular weight is 172 g/mol. The van der Waals surface area contributed by atoms with Gasteiger partial charge in [0, 0.05) is 12.3 Å². The van der Waals surface area contributed by atoms with Crippen LogP contribution in [-0.2, 0) is 9.53 Å². The van der Waals surface area contributed by atoms with Gasteiger partial charge in [-0.25, -0.2) is 0 Å². The van der Waals surface area contributed by atoms with Gasteiger partial charge in [0.1, 0.15) is 0 Å². The molecule has 12 heavy (non-hydrogen) atoms. The van der Waals surface area contributed by atoms with E-state index < -0.39 is 6.29 Å². The van der Waals surface area contributed by atoms with Crippen LogP contribution in [0.15, 0.2) is 0 Å². The molecule has 0 radical (unpaired) electrons. The number of ether oxygens (including phenoxy) is 1. The smallest absolute Gasteiger partial charge is 0.308 e. The highest BCUT2D eigenvalue weighted by Crippen LogP contribution is 2.31. The van der Waals surface area contributed by atoms with Gasteiger partial charge < -0.3 is 9.84 Å². The van der Waals surface area contributed by atoms with Crippen molar-refractivity contribution in [3.05, 3.63) is 0 Å². The molecule has 1 aliphatic rings. The summed E-state index contributed by atoms with van der Waals surface area (Å²) in [4.78, 5) is 10.9. The van der Waals surface area contributed by atoms with E-state index in [1.54, 1.807) is 0 Å². The molecule has 3 atom stereocenters. The van der Waals surface area contributed by atoms with Gasteiger partial charge in [0.2, 0.25) is 6.29 Å². The fraction of sp³-hybridized carbons (Fsp3) is 0.889. The molecule has 3 nitrogen and oxygen atoms in total.